The lowest BCUT2D eigenvalue weighted by Crippen LogP contribution is -2.49. The van der Waals surface area contributed by atoms with Crippen molar-refractivity contribution < 1.29 is 0 Å². The van der Waals surface area contributed by atoms with Gasteiger partial charge in [0.15, 0.2) is 0 Å². The Labute approximate surface area is 218 Å². The van der Waals surface area contributed by atoms with E-state index >= 15 is 0 Å². The lowest BCUT2D eigenvalue weighted by molar-refractivity contribution is 0.209. The molecular weight excluding hydrogens is 466 g/mol. The molecule has 36 heavy (non-hydrogen) atoms. The Bertz CT molecular complexity index is 1380. The van der Waals surface area contributed by atoms with Gasteiger partial charge < -0.3 is 15.2 Å². The monoisotopic (exact) mass is 501 g/mol. The van der Waals surface area contributed by atoms with Crippen LogP contribution in [0.3, 0.4) is 0 Å². The van der Waals surface area contributed by atoms with Crippen LogP contribution in [0.2, 0.25) is 0 Å². The van der Waals surface area contributed by atoms with Gasteiger partial charge in [0.1, 0.15) is 16.3 Å². The van der Waals surface area contributed by atoms with Crippen molar-refractivity contribution in [3.63, 3.8) is 0 Å². The van der Waals surface area contributed by atoms with Crippen molar-refractivity contribution >= 4 is 40.7 Å². The molecule has 0 bridgehead atoms. The number of hydrogen-bond donors (Lipinski definition) is 2. The van der Waals surface area contributed by atoms with Gasteiger partial charge in [-0.3, -0.25) is 9.58 Å². The first kappa shape index (κ1) is 25.6. The minimum atomic E-state index is 0.643. The third-order valence-electron chi connectivity index (χ3n) is 6.53. The number of hydrogen-bond acceptors (Lipinski definition) is 6. The summed E-state index contributed by atoms with van der Waals surface area (Å²) in [7, 11) is 3.79. The summed E-state index contributed by atoms with van der Waals surface area (Å²) < 4.78 is 2.55. The third-order valence-corrected chi connectivity index (χ3v) is 6.85. The molecule has 0 unspecified atom stereocenters. The van der Waals surface area contributed by atoms with E-state index in [2.05, 4.69) is 80.9 Å². The second-order valence-corrected chi connectivity index (χ2v) is 9.64. The SMILES string of the molecule is C=Cc1ccnc(N2CCN(C(C)C)CC2)c1.CNc1cc2cc(-c3cnn(C)c3)ccc2c(=S)[nH]1. The molecule has 8 heteroatoms. The summed E-state index contributed by atoms with van der Waals surface area (Å²) in [6, 6.07) is 13.1. The molecular formula is C28H35N7S. The zero-order chi connectivity index (χ0) is 25.7. The number of benzene rings is 1. The first-order chi connectivity index (χ1) is 17.4. The van der Waals surface area contributed by atoms with Crippen molar-refractivity contribution in [3.05, 3.63) is 71.8 Å². The standard InChI is InChI=1S/C14H14N4S.C14H21N3/c1-15-13-6-10-5-9(11-7-16-18(2)8-11)3-4-12(10)14(19)17-13;1-4-13-5-6-15-14(11-13)17-9-7-16(8-10-17)12(2)3/h3-8H,1-2H3,(H2,15,17,19);4-6,11-12H,1,7-10H2,2-3H3. The molecule has 1 aliphatic rings. The van der Waals surface area contributed by atoms with E-state index in [1.165, 1.54) is 0 Å². The number of rotatable bonds is 5. The molecule has 1 aromatic carbocycles. The van der Waals surface area contributed by atoms with Crippen molar-refractivity contribution in [1.82, 2.24) is 24.6 Å². The van der Waals surface area contributed by atoms with E-state index in [0.29, 0.717) is 6.04 Å². The number of anilines is 2. The Morgan fingerprint density at radius 3 is 2.50 bits per heavy atom. The molecule has 1 fully saturated rings. The molecule has 0 radical (unpaired) electrons. The number of aryl methyl sites for hydroxylation is 1. The van der Waals surface area contributed by atoms with E-state index in [-0.39, 0.29) is 0 Å². The number of fused-ring (bicyclic) bond motifs is 1. The Morgan fingerprint density at radius 1 is 1.08 bits per heavy atom. The average Bonchev–Trinajstić information content (AvgIpc) is 3.35. The van der Waals surface area contributed by atoms with Crippen LogP contribution in [0.1, 0.15) is 19.4 Å². The summed E-state index contributed by atoms with van der Waals surface area (Å²) >= 11 is 5.36. The second kappa shape index (κ2) is 11.5. The molecule has 4 heterocycles. The summed E-state index contributed by atoms with van der Waals surface area (Å²) in [6.45, 7) is 12.7. The van der Waals surface area contributed by atoms with Crippen LogP contribution in [0, 0.1) is 4.64 Å². The number of piperazine rings is 1. The number of H-pyrrole nitrogens is 1. The van der Waals surface area contributed by atoms with Gasteiger partial charge in [0, 0.05) is 69.7 Å². The van der Waals surface area contributed by atoms with Crippen molar-refractivity contribution in [1.29, 1.82) is 0 Å². The summed E-state index contributed by atoms with van der Waals surface area (Å²) in [5.74, 6) is 1.99. The summed E-state index contributed by atoms with van der Waals surface area (Å²) in [6.07, 6.45) is 7.60. The zero-order valence-corrected chi connectivity index (χ0v) is 22.3. The number of nitrogens with one attached hydrogen (secondary N) is 2. The third kappa shape index (κ3) is 6.01. The highest BCUT2D eigenvalue weighted by Crippen LogP contribution is 2.26. The Kier molecular flexibility index (Phi) is 8.18. The zero-order valence-electron chi connectivity index (χ0n) is 21.5. The van der Waals surface area contributed by atoms with Gasteiger partial charge >= 0.3 is 0 Å². The van der Waals surface area contributed by atoms with Gasteiger partial charge in [0.2, 0.25) is 0 Å². The lowest BCUT2D eigenvalue weighted by atomic mass is 10.1. The van der Waals surface area contributed by atoms with Crippen molar-refractivity contribution in [2.24, 2.45) is 7.05 Å². The van der Waals surface area contributed by atoms with E-state index in [9.17, 15) is 0 Å². The fourth-order valence-electron chi connectivity index (χ4n) is 4.36. The van der Waals surface area contributed by atoms with Crippen LogP contribution in [0.5, 0.6) is 0 Å². The molecule has 0 spiro atoms. The maximum atomic E-state index is 5.36. The van der Waals surface area contributed by atoms with Crippen LogP contribution in [0.25, 0.3) is 28.0 Å². The molecule has 5 rings (SSSR count). The predicted molar refractivity (Wildman–Crippen MR) is 154 cm³/mol. The number of pyridine rings is 2. The topological polar surface area (TPSA) is 65.0 Å². The van der Waals surface area contributed by atoms with Gasteiger partial charge in [-0.1, -0.05) is 37.0 Å². The molecule has 1 aliphatic heterocycles. The van der Waals surface area contributed by atoms with Gasteiger partial charge in [0.25, 0.3) is 0 Å². The maximum absolute atomic E-state index is 5.36. The fourth-order valence-corrected chi connectivity index (χ4v) is 4.65. The van der Waals surface area contributed by atoms with Crippen LogP contribution in [0.4, 0.5) is 11.6 Å². The van der Waals surface area contributed by atoms with Gasteiger partial charge in [-0.05, 0) is 54.6 Å². The first-order valence-corrected chi connectivity index (χ1v) is 12.7. The largest absolute Gasteiger partial charge is 0.375 e. The molecule has 0 aliphatic carbocycles. The Balaban J connectivity index is 0.000000170. The fraction of sp³-hybridized carbons (Fsp3) is 0.321. The minimum Gasteiger partial charge on any atom is -0.375 e. The van der Waals surface area contributed by atoms with Crippen molar-refractivity contribution in [2.75, 3.05) is 43.4 Å². The Morgan fingerprint density at radius 2 is 1.86 bits per heavy atom. The highest BCUT2D eigenvalue weighted by Gasteiger charge is 2.19. The molecule has 0 saturated carbocycles. The molecule has 1 saturated heterocycles. The number of aromatic nitrogens is 4. The molecule has 2 N–H and O–H groups in total. The molecule has 188 valence electrons. The minimum absolute atomic E-state index is 0.643. The molecule has 0 amide bonds. The summed E-state index contributed by atoms with van der Waals surface area (Å²) in [4.78, 5) is 12.5. The second-order valence-electron chi connectivity index (χ2n) is 9.24. The smallest absolute Gasteiger partial charge is 0.129 e. The normalized spacial score (nSPS) is 14.0. The molecule has 4 aromatic rings. The number of nitrogens with zero attached hydrogens (tertiary/aromatic N) is 5. The van der Waals surface area contributed by atoms with Gasteiger partial charge in [-0.25, -0.2) is 4.98 Å². The first-order valence-electron chi connectivity index (χ1n) is 12.3. The summed E-state index contributed by atoms with van der Waals surface area (Å²) in [5, 5.41) is 9.46. The van der Waals surface area contributed by atoms with Gasteiger partial charge in [-0.2, -0.15) is 5.10 Å². The molecule has 3 aromatic heterocycles. The van der Waals surface area contributed by atoms with Crippen LogP contribution < -0.4 is 10.2 Å². The Hall–Kier alpha value is -3.49. The average molecular weight is 502 g/mol. The maximum Gasteiger partial charge on any atom is 0.129 e. The highest BCUT2D eigenvalue weighted by molar-refractivity contribution is 7.71. The van der Waals surface area contributed by atoms with Gasteiger partial charge in [0.05, 0.1) is 6.20 Å². The van der Waals surface area contributed by atoms with Crippen LogP contribution in [-0.4, -0.2) is 63.9 Å². The molecule has 0 atom stereocenters. The highest BCUT2D eigenvalue weighted by atomic mass is 32.1. The summed E-state index contributed by atoms with van der Waals surface area (Å²) in [5.41, 5.74) is 3.39. The predicted octanol–water partition coefficient (Wildman–Crippen LogP) is 5.59. The van der Waals surface area contributed by atoms with Crippen LogP contribution >= 0.6 is 12.2 Å². The lowest BCUT2D eigenvalue weighted by Gasteiger charge is -2.37. The van der Waals surface area contributed by atoms with E-state index in [1.54, 1.807) is 4.68 Å². The van der Waals surface area contributed by atoms with E-state index < -0.39 is 0 Å². The van der Waals surface area contributed by atoms with E-state index in [1.807, 2.05) is 44.8 Å². The van der Waals surface area contributed by atoms with Crippen molar-refractivity contribution in [3.8, 4) is 11.1 Å². The van der Waals surface area contributed by atoms with Crippen LogP contribution in [-0.2, 0) is 7.05 Å². The quantitative estimate of drug-likeness (QED) is 0.347. The van der Waals surface area contributed by atoms with E-state index in [4.69, 9.17) is 12.2 Å². The van der Waals surface area contributed by atoms with Crippen molar-refractivity contribution in [2.45, 2.75) is 19.9 Å². The number of aromatic amines is 1. The van der Waals surface area contributed by atoms with E-state index in [0.717, 1.165) is 69.9 Å². The van der Waals surface area contributed by atoms with Crippen LogP contribution in [0.15, 0.2) is 61.6 Å². The molecule has 7 nitrogen and oxygen atoms in total. The van der Waals surface area contributed by atoms with Gasteiger partial charge in [-0.15, -0.1) is 0 Å².